The third-order valence-corrected chi connectivity index (χ3v) is 5.16. The first-order valence-electron chi connectivity index (χ1n) is 8.97. The number of anilines is 1. The minimum atomic E-state index is -0.179. The van der Waals surface area contributed by atoms with Crippen molar-refractivity contribution in [2.45, 2.75) is 51.6 Å². The van der Waals surface area contributed by atoms with Gasteiger partial charge in [0.2, 0.25) is 5.91 Å². The zero-order valence-corrected chi connectivity index (χ0v) is 14.7. The molecule has 25 heavy (non-hydrogen) atoms. The lowest BCUT2D eigenvalue weighted by molar-refractivity contribution is -0.121. The Morgan fingerprint density at radius 2 is 2.20 bits per heavy atom. The molecule has 1 unspecified atom stereocenters. The average molecular weight is 340 g/mol. The van der Waals surface area contributed by atoms with Crippen molar-refractivity contribution in [2.24, 2.45) is 5.41 Å². The van der Waals surface area contributed by atoms with Crippen LogP contribution in [0.15, 0.2) is 24.3 Å². The van der Waals surface area contributed by atoms with Gasteiger partial charge in [0.1, 0.15) is 0 Å². The Bertz CT molecular complexity index is 779. The second kappa shape index (κ2) is 6.22. The van der Waals surface area contributed by atoms with Crippen molar-refractivity contribution in [1.29, 1.82) is 0 Å². The van der Waals surface area contributed by atoms with Gasteiger partial charge in [0.25, 0.3) is 0 Å². The van der Waals surface area contributed by atoms with Crippen LogP contribution in [0.4, 0.5) is 5.69 Å². The van der Waals surface area contributed by atoms with Crippen LogP contribution in [-0.4, -0.2) is 38.7 Å². The first-order chi connectivity index (χ1) is 12.0. The maximum Gasteiger partial charge on any atom is 0.242 e. The fourth-order valence-corrected chi connectivity index (χ4v) is 3.56. The lowest BCUT2D eigenvalue weighted by atomic mass is 9.77. The van der Waals surface area contributed by atoms with Crippen LogP contribution in [0.1, 0.15) is 45.6 Å². The van der Waals surface area contributed by atoms with Gasteiger partial charge in [-0.1, -0.05) is 26.0 Å². The highest BCUT2D eigenvalue weighted by atomic mass is 16.2. The molecule has 1 aromatic heterocycles. The van der Waals surface area contributed by atoms with E-state index >= 15 is 0 Å². The smallest absolute Gasteiger partial charge is 0.242 e. The van der Waals surface area contributed by atoms with Gasteiger partial charge >= 0.3 is 0 Å². The normalized spacial score (nSPS) is 22.6. The SMILES string of the molecule is CC1(C)CCCNC1C(=O)Nc1cccc(-c2nnnn2C2CC2)c1. The third-order valence-electron chi connectivity index (χ3n) is 5.16. The molecule has 1 amide bonds. The summed E-state index contributed by atoms with van der Waals surface area (Å²) < 4.78 is 1.88. The molecule has 2 fully saturated rings. The van der Waals surface area contributed by atoms with Crippen molar-refractivity contribution < 1.29 is 4.79 Å². The van der Waals surface area contributed by atoms with Crippen LogP contribution in [-0.2, 0) is 4.79 Å². The van der Waals surface area contributed by atoms with Gasteiger partial charge in [-0.25, -0.2) is 4.68 Å². The van der Waals surface area contributed by atoms with E-state index in [0.717, 1.165) is 49.3 Å². The Morgan fingerprint density at radius 3 is 2.96 bits per heavy atom. The number of hydrogen-bond acceptors (Lipinski definition) is 5. The lowest BCUT2D eigenvalue weighted by Crippen LogP contribution is -2.53. The molecule has 4 rings (SSSR count). The number of rotatable bonds is 4. The molecule has 7 nitrogen and oxygen atoms in total. The maximum atomic E-state index is 12.7. The van der Waals surface area contributed by atoms with Crippen LogP contribution < -0.4 is 10.6 Å². The van der Waals surface area contributed by atoms with Crippen LogP contribution in [0.2, 0.25) is 0 Å². The number of benzene rings is 1. The summed E-state index contributed by atoms with van der Waals surface area (Å²) in [4.78, 5) is 12.7. The van der Waals surface area contributed by atoms with Crippen LogP contribution in [0.5, 0.6) is 0 Å². The molecule has 2 aromatic rings. The number of tetrazole rings is 1. The van der Waals surface area contributed by atoms with Gasteiger partial charge < -0.3 is 10.6 Å². The fraction of sp³-hybridized carbons (Fsp3) is 0.556. The monoisotopic (exact) mass is 340 g/mol. The summed E-state index contributed by atoms with van der Waals surface area (Å²) in [6, 6.07) is 7.98. The number of piperidine rings is 1. The number of carbonyl (C=O) groups is 1. The van der Waals surface area contributed by atoms with Crippen molar-refractivity contribution >= 4 is 11.6 Å². The van der Waals surface area contributed by atoms with E-state index in [-0.39, 0.29) is 17.4 Å². The third kappa shape index (κ3) is 3.28. The highest BCUT2D eigenvalue weighted by Crippen LogP contribution is 2.37. The quantitative estimate of drug-likeness (QED) is 0.893. The van der Waals surface area contributed by atoms with Gasteiger partial charge in [0, 0.05) is 11.3 Å². The van der Waals surface area contributed by atoms with E-state index < -0.39 is 0 Å². The Balaban J connectivity index is 1.53. The predicted molar refractivity (Wildman–Crippen MR) is 95.0 cm³/mol. The second-order valence-corrected chi connectivity index (χ2v) is 7.73. The number of nitrogens with zero attached hydrogens (tertiary/aromatic N) is 4. The molecule has 0 bridgehead atoms. The van der Waals surface area contributed by atoms with Crippen LogP contribution in [0.3, 0.4) is 0 Å². The fourth-order valence-electron chi connectivity index (χ4n) is 3.56. The Labute approximate surface area is 147 Å². The van der Waals surface area contributed by atoms with E-state index in [0.29, 0.717) is 6.04 Å². The molecule has 1 saturated heterocycles. The van der Waals surface area contributed by atoms with Crippen LogP contribution in [0, 0.1) is 5.41 Å². The summed E-state index contributed by atoms with van der Waals surface area (Å²) >= 11 is 0. The van der Waals surface area contributed by atoms with E-state index in [9.17, 15) is 4.79 Å². The van der Waals surface area contributed by atoms with Crippen molar-refractivity contribution in [2.75, 3.05) is 11.9 Å². The molecule has 1 saturated carbocycles. The Kier molecular flexibility index (Phi) is 4.03. The van der Waals surface area contributed by atoms with Gasteiger partial charge in [-0.2, -0.15) is 0 Å². The molecular weight excluding hydrogens is 316 g/mol. The number of nitrogens with one attached hydrogen (secondary N) is 2. The lowest BCUT2D eigenvalue weighted by Gasteiger charge is -2.38. The van der Waals surface area contributed by atoms with Crippen molar-refractivity contribution in [1.82, 2.24) is 25.5 Å². The van der Waals surface area contributed by atoms with Crippen LogP contribution >= 0.6 is 0 Å². The summed E-state index contributed by atoms with van der Waals surface area (Å²) in [6.45, 7) is 5.17. The van der Waals surface area contributed by atoms with Gasteiger partial charge in [-0.05, 0) is 60.2 Å². The highest BCUT2D eigenvalue weighted by molar-refractivity contribution is 5.96. The molecule has 132 valence electrons. The Hall–Kier alpha value is -2.28. The van der Waals surface area contributed by atoms with E-state index in [1.807, 2.05) is 28.9 Å². The van der Waals surface area contributed by atoms with Crippen LogP contribution in [0.25, 0.3) is 11.4 Å². The van der Waals surface area contributed by atoms with E-state index in [4.69, 9.17) is 0 Å². The number of hydrogen-bond donors (Lipinski definition) is 2. The maximum absolute atomic E-state index is 12.7. The largest absolute Gasteiger partial charge is 0.325 e. The molecule has 1 atom stereocenters. The minimum absolute atomic E-state index is 0.0173. The molecule has 7 heteroatoms. The molecule has 1 aliphatic carbocycles. The van der Waals surface area contributed by atoms with Gasteiger partial charge in [0.05, 0.1) is 12.1 Å². The molecular formula is C18H24N6O. The topological polar surface area (TPSA) is 84.7 Å². The minimum Gasteiger partial charge on any atom is -0.325 e. The average Bonchev–Trinajstić information content (AvgIpc) is 3.31. The van der Waals surface area contributed by atoms with Crippen molar-refractivity contribution in [3.8, 4) is 11.4 Å². The second-order valence-electron chi connectivity index (χ2n) is 7.73. The molecule has 0 spiro atoms. The predicted octanol–water partition coefficient (Wildman–Crippen LogP) is 2.39. The first-order valence-corrected chi connectivity index (χ1v) is 8.97. The first kappa shape index (κ1) is 16.2. The molecule has 1 aliphatic heterocycles. The molecule has 2 N–H and O–H groups in total. The van der Waals surface area contributed by atoms with Gasteiger partial charge in [-0.3, -0.25) is 4.79 Å². The molecule has 2 heterocycles. The number of aromatic nitrogens is 4. The van der Waals surface area contributed by atoms with Gasteiger partial charge in [0.15, 0.2) is 5.82 Å². The summed E-state index contributed by atoms with van der Waals surface area (Å²) in [5.74, 6) is 0.776. The summed E-state index contributed by atoms with van der Waals surface area (Å²) in [5.41, 5.74) is 1.65. The summed E-state index contributed by atoms with van der Waals surface area (Å²) in [5, 5.41) is 18.5. The zero-order chi connectivity index (χ0) is 17.4. The Morgan fingerprint density at radius 1 is 1.36 bits per heavy atom. The standard InChI is InChI=1S/C18H24N6O/c1-18(2)9-4-10-19-15(18)17(25)20-13-6-3-5-12(11-13)16-21-22-23-24(16)14-7-8-14/h3,5-6,11,14-15,19H,4,7-10H2,1-2H3,(H,20,25). The molecule has 2 aliphatic rings. The molecule has 1 aromatic carbocycles. The van der Waals surface area contributed by atoms with Crippen molar-refractivity contribution in [3.63, 3.8) is 0 Å². The van der Waals surface area contributed by atoms with E-state index in [1.165, 1.54) is 0 Å². The number of amides is 1. The van der Waals surface area contributed by atoms with Gasteiger partial charge in [-0.15, -0.1) is 5.10 Å². The summed E-state index contributed by atoms with van der Waals surface area (Å²) in [7, 11) is 0. The highest BCUT2D eigenvalue weighted by Gasteiger charge is 2.37. The van der Waals surface area contributed by atoms with E-state index in [1.54, 1.807) is 0 Å². The summed E-state index contributed by atoms with van der Waals surface area (Å²) in [6.07, 6.45) is 4.40. The van der Waals surface area contributed by atoms with Crippen molar-refractivity contribution in [3.05, 3.63) is 24.3 Å². The number of carbonyl (C=O) groups excluding carboxylic acids is 1. The molecule has 0 radical (unpaired) electrons. The van der Waals surface area contributed by atoms with E-state index in [2.05, 4.69) is 40.0 Å². The zero-order valence-electron chi connectivity index (χ0n) is 14.7.